The molecule has 3 rings (SSSR count). The van der Waals surface area contributed by atoms with E-state index >= 15 is 0 Å². The summed E-state index contributed by atoms with van der Waals surface area (Å²) in [6.07, 6.45) is 0. The van der Waals surface area contributed by atoms with Gasteiger partial charge in [0.15, 0.2) is 5.78 Å². The number of benzene rings is 2. The van der Waals surface area contributed by atoms with Gasteiger partial charge in [-0.05, 0) is 37.3 Å². The van der Waals surface area contributed by atoms with Gasteiger partial charge >= 0.3 is 0 Å². The molecule has 1 fully saturated rings. The first-order chi connectivity index (χ1) is 12.5. The lowest BCUT2D eigenvalue weighted by molar-refractivity contribution is 0.0743. The molecule has 2 aromatic rings. The van der Waals surface area contributed by atoms with Gasteiger partial charge in [-0.15, -0.1) is 0 Å². The lowest BCUT2D eigenvalue weighted by Gasteiger charge is -2.37. The summed E-state index contributed by atoms with van der Waals surface area (Å²) in [7, 11) is 0. The minimum atomic E-state index is -0.208. The van der Waals surface area contributed by atoms with Crippen LogP contribution < -0.4 is 4.90 Å². The second-order valence-corrected chi connectivity index (χ2v) is 6.20. The number of piperazine rings is 1. The van der Waals surface area contributed by atoms with Gasteiger partial charge < -0.3 is 14.9 Å². The summed E-state index contributed by atoms with van der Waals surface area (Å²) in [5.41, 5.74) is 2.09. The van der Waals surface area contributed by atoms with Crippen LogP contribution in [0.5, 0.6) is 5.75 Å². The van der Waals surface area contributed by atoms with E-state index in [2.05, 4.69) is 6.07 Å². The molecule has 0 saturated carbocycles. The van der Waals surface area contributed by atoms with Gasteiger partial charge in [0.05, 0.1) is 17.2 Å². The number of hydrogen-bond donors (Lipinski definition) is 1. The Morgan fingerprint density at radius 3 is 2.35 bits per heavy atom. The number of para-hydroxylation sites is 1. The maximum absolute atomic E-state index is 12.6. The van der Waals surface area contributed by atoms with Crippen LogP contribution >= 0.6 is 0 Å². The Kier molecular flexibility index (Phi) is 4.90. The molecule has 0 aromatic heterocycles. The van der Waals surface area contributed by atoms with Gasteiger partial charge in [-0.2, -0.15) is 5.26 Å². The fourth-order valence-electron chi connectivity index (χ4n) is 3.14. The average Bonchev–Trinajstić information content (AvgIpc) is 2.67. The molecule has 1 aliphatic rings. The van der Waals surface area contributed by atoms with E-state index in [1.807, 2.05) is 4.90 Å². The zero-order chi connectivity index (χ0) is 18.7. The standard InChI is InChI=1S/C20H19N3O3/c1-14(24)16-7-6-15(13-21)12-18(16)22-8-10-23(11-9-22)20(26)17-4-2-3-5-19(17)25/h2-7,12,25H,8-11H2,1H3. The van der Waals surface area contributed by atoms with Gasteiger partial charge in [0.1, 0.15) is 5.75 Å². The SMILES string of the molecule is CC(=O)c1ccc(C#N)cc1N1CCN(C(=O)c2ccccc2O)CC1. The molecule has 26 heavy (non-hydrogen) atoms. The molecule has 0 aliphatic carbocycles. The van der Waals surface area contributed by atoms with Crippen LogP contribution in [0.15, 0.2) is 42.5 Å². The van der Waals surface area contributed by atoms with Crippen molar-refractivity contribution in [3.8, 4) is 11.8 Å². The molecule has 0 bridgehead atoms. The molecule has 1 heterocycles. The summed E-state index contributed by atoms with van der Waals surface area (Å²) >= 11 is 0. The number of phenols is 1. The van der Waals surface area contributed by atoms with Crippen LogP contribution in [0, 0.1) is 11.3 Å². The van der Waals surface area contributed by atoms with Crippen LogP contribution in [0.3, 0.4) is 0 Å². The fraction of sp³-hybridized carbons (Fsp3) is 0.250. The first-order valence-electron chi connectivity index (χ1n) is 8.38. The molecule has 132 valence electrons. The van der Waals surface area contributed by atoms with E-state index in [1.165, 1.54) is 13.0 Å². The first kappa shape index (κ1) is 17.5. The van der Waals surface area contributed by atoms with Crippen LogP contribution in [0.2, 0.25) is 0 Å². The predicted octanol–water partition coefficient (Wildman–Crippen LogP) is 2.43. The van der Waals surface area contributed by atoms with Crippen molar-refractivity contribution in [2.75, 3.05) is 31.1 Å². The highest BCUT2D eigenvalue weighted by molar-refractivity contribution is 6.00. The normalized spacial score (nSPS) is 14.0. The van der Waals surface area contributed by atoms with E-state index in [4.69, 9.17) is 5.26 Å². The van der Waals surface area contributed by atoms with Crippen molar-refractivity contribution in [2.24, 2.45) is 0 Å². The molecule has 0 unspecified atom stereocenters. The van der Waals surface area contributed by atoms with Crippen molar-refractivity contribution in [2.45, 2.75) is 6.92 Å². The number of anilines is 1. The summed E-state index contributed by atoms with van der Waals surface area (Å²) in [5, 5.41) is 19.0. The number of rotatable bonds is 3. The Balaban J connectivity index is 1.77. The van der Waals surface area contributed by atoms with Crippen molar-refractivity contribution in [3.05, 3.63) is 59.2 Å². The lowest BCUT2D eigenvalue weighted by atomic mass is 10.0. The Morgan fingerprint density at radius 1 is 1.04 bits per heavy atom. The minimum Gasteiger partial charge on any atom is -0.507 e. The topological polar surface area (TPSA) is 84.6 Å². The van der Waals surface area contributed by atoms with Crippen molar-refractivity contribution >= 4 is 17.4 Å². The Bertz CT molecular complexity index is 893. The van der Waals surface area contributed by atoms with Gasteiger partial charge in [-0.1, -0.05) is 12.1 Å². The monoisotopic (exact) mass is 349 g/mol. The van der Waals surface area contributed by atoms with E-state index in [0.29, 0.717) is 37.3 Å². The van der Waals surface area contributed by atoms with Gasteiger partial charge in [-0.3, -0.25) is 9.59 Å². The predicted molar refractivity (Wildman–Crippen MR) is 97.4 cm³/mol. The fourth-order valence-corrected chi connectivity index (χ4v) is 3.14. The third-order valence-corrected chi connectivity index (χ3v) is 4.55. The number of amides is 1. The van der Waals surface area contributed by atoms with Crippen molar-refractivity contribution in [1.29, 1.82) is 5.26 Å². The number of phenolic OH excluding ortho intramolecular Hbond substituents is 1. The third-order valence-electron chi connectivity index (χ3n) is 4.55. The second kappa shape index (κ2) is 7.28. The average molecular weight is 349 g/mol. The molecule has 6 nitrogen and oxygen atoms in total. The van der Waals surface area contributed by atoms with Crippen LogP contribution in [0.1, 0.15) is 33.2 Å². The minimum absolute atomic E-state index is 0.0273. The number of nitrogens with zero attached hydrogens (tertiary/aromatic N) is 3. The Hall–Kier alpha value is -3.33. The quantitative estimate of drug-likeness (QED) is 0.860. The zero-order valence-electron chi connectivity index (χ0n) is 14.5. The lowest BCUT2D eigenvalue weighted by Crippen LogP contribution is -2.49. The van der Waals surface area contributed by atoms with E-state index < -0.39 is 0 Å². The van der Waals surface area contributed by atoms with Crippen molar-refractivity contribution < 1.29 is 14.7 Å². The number of nitriles is 1. The molecule has 1 amide bonds. The summed E-state index contributed by atoms with van der Waals surface area (Å²) in [5.74, 6) is -0.293. The highest BCUT2D eigenvalue weighted by Gasteiger charge is 2.25. The summed E-state index contributed by atoms with van der Waals surface area (Å²) in [6, 6.07) is 13.6. The molecule has 1 aliphatic heterocycles. The highest BCUT2D eigenvalue weighted by atomic mass is 16.3. The molecular weight excluding hydrogens is 330 g/mol. The third kappa shape index (κ3) is 3.38. The highest BCUT2D eigenvalue weighted by Crippen LogP contribution is 2.25. The maximum Gasteiger partial charge on any atom is 0.257 e. The van der Waals surface area contributed by atoms with Crippen LogP contribution in [0.25, 0.3) is 0 Å². The molecule has 6 heteroatoms. The summed E-state index contributed by atoms with van der Waals surface area (Å²) < 4.78 is 0. The smallest absolute Gasteiger partial charge is 0.257 e. The summed E-state index contributed by atoms with van der Waals surface area (Å²) in [6.45, 7) is 3.55. The van der Waals surface area contributed by atoms with E-state index in [9.17, 15) is 14.7 Å². The van der Waals surface area contributed by atoms with Gasteiger partial charge in [0, 0.05) is 37.4 Å². The number of aromatic hydroxyl groups is 1. The van der Waals surface area contributed by atoms with E-state index in [0.717, 1.165) is 5.69 Å². The largest absolute Gasteiger partial charge is 0.507 e. The molecule has 0 spiro atoms. The van der Waals surface area contributed by atoms with Crippen LogP contribution in [-0.4, -0.2) is 47.9 Å². The zero-order valence-corrected chi connectivity index (χ0v) is 14.5. The molecule has 1 saturated heterocycles. The van der Waals surface area contributed by atoms with E-state index in [1.54, 1.807) is 41.3 Å². The Morgan fingerprint density at radius 2 is 1.73 bits per heavy atom. The number of carbonyl (C=O) groups is 2. The second-order valence-electron chi connectivity index (χ2n) is 6.20. The molecule has 2 aromatic carbocycles. The maximum atomic E-state index is 12.6. The molecule has 0 atom stereocenters. The van der Waals surface area contributed by atoms with Crippen molar-refractivity contribution in [1.82, 2.24) is 4.90 Å². The number of carbonyl (C=O) groups excluding carboxylic acids is 2. The first-order valence-corrected chi connectivity index (χ1v) is 8.38. The number of Topliss-reactive ketones (excluding diaryl/α,β-unsaturated/α-hetero) is 1. The molecule has 1 N–H and O–H groups in total. The van der Waals surface area contributed by atoms with Gasteiger partial charge in [0.25, 0.3) is 5.91 Å². The molecular formula is C20H19N3O3. The van der Waals surface area contributed by atoms with Gasteiger partial charge in [-0.25, -0.2) is 0 Å². The van der Waals surface area contributed by atoms with Crippen molar-refractivity contribution in [3.63, 3.8) is 0 Å². The van der Waals surface area contributed by atoms with Crippen LogP contribution in [0.4, 0.5) is 5.69 Å². The summed E-state index contributed by atoms with van der Waals surface area (Å²) in [4.78, 5) is 28.2. The van der Waals surface area contributed by atoms with Gasteiger partial charge in [0.2, 0.25) is 0 Å². The number of hydrogen-bond acceptors (Lipinski definition) is 5. The van der Waals surface area contributed by atoms with Crippen LogP contribution in [-0.2, 0) is 0 Å². The molecule has 0 radical (unpaired) electrons. The Labute approximate surface area is 151 Å². The number of ketones is 1. The van der Waals surface area contributed by atoms with E-state index in [-0.39, 0.29) is 23.0 Å².